The summed E-state index contributed by atoms with van der Waals surface area (Å²) in [5.74, 6) is 0.247. The molecule has 176 valence electrons. The fourth-order valence-corrected chi connectivity index (χ4v) is 7.90. The molecule has 4 rings (SSSR count). The average molecular weight is 481 g/mol. The van der Waals surface area contributed by atoms with E-state index in [0.717, 1.165) is 64.2 Å². The van der Waals surface area contributed by atoms with E-state index >= 15 is 0 Å². The van der Waals surface area contributed by atoms with E-state index in [1.807, 2.05) is 0 Å². The number of rotatable bonds is 7. The Labute approximate surface area is 191 Å². The number of fused-ring (bicyclic) bond motifs is 1. The van der Waals surface area contributed by atoms with Gasteiger partial charge in [0.15, 0.2) is 0 Å². The van der Waals surface area contributed by atoms with Crippen LogP contribution >= 0.6 is 0 Å². The van der Waals surface area contributed by atoms with Crippen molar-refractivity contribution in [2.24, 2.45) is 0 Å². The molecule has 32 heavy (non-hydrogen) atoms. The largest absolute Gasteiger partial charge is 0.495 e. The number of hydrogen-bond donors (Lipinski definition) is 2. The highest BCUT2D eigenvalue weighted by Crippen LogP contribution is 2.34. The van der Waals surface area contributed by atoms with Crippen molar-refractivity contribution >= 4 is 30.8 Å². The molecule has 0 bridgehead atoms. The van der Waals surface area contributed by atoms with Crippen LogP contribution in [0, 0.1) is 0 Å². The van der Waals surface area contributed by atoms with Crippen LogP contribution in [0.25, 0.3) is 10.8 Å². The molecule has 0 aliphatic heterocycles. The zero-order valence-electron chi connectivity index (χ0n) is 18.5. The molecule has 0 radical (unpaired) electrons. The number of nitrogens with one attached hydrogen (secondary N) is 2. The summed E-state index contributed by atoms with van der Waals surface area (Å²) in [6, 6.07) is 7.74. The Hall–Kier alpha value is -1.68. The normalized spacial score (nSPS) is 19.3. The number of benzene rings is 2. The molecule has 0 atom stereocenters. The van der Waals surface area contributed by atoms with E-state index in [2.05, 4.69) is 9.44 Å². The summed E-state index contributed by atoms with van der Waals surface area (Å²) in [4.78, 5) is 0.205. The Morgan fingerprint density at radius 1 is 0.750 bits per heavy atom. The van der Waals surface area contributed by atoms with Gasteiger partial charge in [0, 0.05) is 17.5 Å². The highest BCUT2D eigenvalue weighted by Gasteiger charge is 2.28. The number of methoxy groups -OCH3 is 1. The zero-order valence-corrected chi connectivity index (χ0v) is 20.1. The molecule has 7 nitrogen and oxygen atoms in total. The van der Waals surface area contributed by atoms with Crippen LogP contribution in [-0.4, -0.2) is 36.0 Å². The molecule has 0 amide bonds. The van der Waals surface area contributed by atoms with Gasteiger partial charge < -0.3 is 4.74 Å². The van der Waals surface area contributed by atoms with Gasteiger partial charge in [-0.2, -0.15) is 0 Å². The minimum absolute atomic E-state index is 0.0454. The van der Waals surface area contributed by atoms with Gasteiger partial charge in [-0.1, -0.05) is 50.7 Å². The minimum Gasteiger partial charge on any atom is -0.495 e. The fourth-order valence-electron chi connectivity index (χ4n) is 4.87. The SMILES string of the molecule is COc1ccc2cc(S(=O)(=O)NC3CCCCC3)ccc2c1S(=O)(=O)NC1CCCCC1. The van der Waals surface area contributed by atoms with E-state index in [4.69, 9.17) is 4.74 Å². The molecule has 2 saturated carbocycles. The second kappa shape index (κ2) is 9.67. The van der Waals surface area contributed by atoms with Crippen molar-refractivity contribution < 1.29 is 21.6 Å². The first-order chi connectivity index (χ1) is 15.3. The average Bonchev–Trinajstić information content (AvgIpc) is 2.78. The predicted molar refractivity (Wildman–Crippen MR) is 125 cm³/mol. The van der Waals surface area contributed by atoms with Crippen molar-refractivity contribution in [2.45, 2.75) is 86.1 Å². The first-order valence-electron chi connectivity index (χ1n) is 11.5. The van der Waals surface area contributed by atoms with Crippen LogP contribution in [0.1, 0.15) is 64.2 Å². The van der Waals surface area contributed by atoms with Gasteiger partial charge in [-0.15, -0.1) is 0 Å². The monoisotopic (exact) mass is 480 g/mol. The van der Waals surface area contributed by atoms with Crippen LogP contribution in [0.5, 0.6) is 5.75 Å². The van der Waals surface area contributed by atoms with Gasteiger partial charge in [0.2, 0.25) is 20.0 Å². The van der Waals surface area contributed by atoms with E-state index in [1.54, 1.807) is 24.3 Å². The summed E-state index contributed by atoms with van der Waals surface area (Å²) in [5, 5.41) is 0.991. The molecule has 2 aliphatic carbocycles. The Balaban J connectivity index is 1.69. The van der Waals surface area contributed by atoms with E-state index in [0.29, 0.717) is 10.8 Å². The lowest BCUT2D eigenvalue weighted by molar-refractivity contribution is 0.398. The molecule has 0 heterocycles. The van der Waals surface area contributed by atoms with Crippen LogP contribution < -0.4 is 14.2 Å². The Morgan fingerprint density at radius 2 is 1.31 bits per heavy atom. The molecule has 0 saturated heterocycles. The van der Waals surface area contributed by atoms with E-state index in [9.17, 15) is 16.8 Å². The van der Waals surface area contributed by atoms with Crippen molar-refractivity contribution in [1.29, 1.82) is 0 Å². The first-order valence-corrected chi connectivity index (χ1v) is 14.4. The minimum atomic E-state index is -3.84. The summed E-state index contributed by atoms with van der Waals surface area (Å²) in [6.07, 6.45) is 9.68. The highest BCUT2D eigenvalue weighted by atomic mass is 32.2. The number of ether oxygens (including phenoxy) is 1. The second-order valence-electron chi connectivity index (χ2n) is 8.89. The van der Waals surface area contributed by atoms with Crippen LogP contribution in [-0.2, 0) is 20.0 Å². The smallest absolute Gasteiger partial charge is 0.245 e. The lowest BCUT2D eigenvalue weighted by Crippen LogP contribution is -2.36. The van der Waals surface area contributed by atoms with Crippen molar-refractivity contribution in [3.8, 4) is 5.75 Å². The Morgan fingerprint density at radius 3 is 1.88 bits per heavy atom. The maximum absolute atomic E-state index is 13.3. The standard InChI is InChI=1S/C23H32N2O5S2/c1-30-22-15-12-17-16-20(31(26,27)24-18-8-4-2-5-9-18)13-14-21(17)23(22)32(28,29)25-19-10-6-3-7-11-19/h12-16,18-19,24-25H,2-11H2,1H3. The van der Waals surface area contributed by atoms with Gasteiger partial charge in [0.1, 0.15) is 10.6 Å². The van der Waals surface area contributed by atoms with Gasteiger partial charge in [0.25, 0.3) is 0 Å². The second-order valence-corrected chi connectivity index (χ2v) is 12.3. The van der Waals surface area contributed by atoms with Crippen LogP contribution in [0.2, 0.25) is 0 Å². The Bertz CT molecular complexity index is 1170. The first kappa shape index (κ1) is 23.5. The molecule has 2 aromatic carbocycles. The highest BCUT2D eigenvalue weighted by molar-refractivity contribution is 7.90. The molecule has 0 aromatic heterocycles. The molecule has 0 spiro atoms. The third-order valence-electron chi connectivity index (χ3n) is 6.56. The summed E-state index contributed by atoms with van der Waals surface area (Å²) >= 11 is 0. The molecule has 2 aliphatic rings. The quantitative estimate of drug-likeness (QED) is 0.622. The van der Waals surface area contributed by atoms with Crippen LogP contribution in [0.3, 0.4) is 0 Å². The number of sulfonamides is 2. The van der Waals surface area contributed by atoms with Gasteiger partial charge in [-0.3, -0.25) is 0 Å². The van der Waals surface area contributed by atoms with Gasteiger partial charge in [0.05, 0.1) is 12.0 Å². The van der Waals surface area contributed by atoms with E-state index in [1.165, 1.54) is 13.2 Å². The summed E-state index contributed by atoms with van der Waals surface area (Å²) in [6.45, 7) is 0. The lowest BCUT2D eigenvalue weighted by Gasteiger charge is -2.24. The van der Waals surface area contributed by atoms with Crippen LogP contribution in [0.15, 0.2) is 40.1 Å². The van der Waals surface area contributed by atoms with Gasteiger partial charge in [-0.05, 0) is 49.3 Å². The zero-order chi connectivity index (χ0) is 22.8. The summed E-state index contributed by atoms with van der Waals surface area (Å²) < 4.78 is 63.6. The van der Waals surface area contributed by atoms with Crippen molar-refractivity contribution in [2.75, 3.05) is 7.11 Å². The molecular formula is C23H32N2O5S2. The molecular weight excluding hydrogens is 448 g/mol. The van der Waals surface area contributed by atoms with Gasteiger partial charge >= 0.3 is 0 Å². The third kappa shape index (κ3) is 5.11. The van der Waals surface area contributed by atoms with Crippen LogP contribution in [0.4, 0.5) is 0 Å². The third-order valence-corrected chi connectivity index (χ3v) is 9.68. The number of hydrogen-bond acceptors (Lipinski definition) is 5. The predicted octanol–water partition coefficient (Wildman–Crippen LogP) is 4.07. The van der Waals surface area contributed by atoms with E-state index in [-0.39, 0.29) is 27.6 Å². The lowest BCUT2D eigenvalue weighted by atomic mass is 9.96. The molecule has 0 unspecified atom stereocenters. The van der Waals surface area contributed by atoms with E-state index < -0.39 is 20.0 Å². The van der Waals surface area contributed by atoms with Crippen molar-refractivity contribution in [3.05, 3.63) is 30.3 Å². The Kier molecular flexibility index (Phi) is 7.09. The van der Waals surface area contributed by atoms with Crippen molar-refractivity contribution in [3.63, 3.8) is 0 Å². The maximum Gasteiger partial charge on any atom is 0.245 e. The molecule has 2 fully saturated rings. The molecule has 9 heteroatoms. The summed E-state index contributed by atoms with van der Waals surface area (Å²) in [7, 11) is -6.09. The maximum atomic E-state index is 13.3. The fraction of sp³-hybridized carbons (Fsp3) is 0.565. The topological polar surface area (TPSA) is 102 Å². The molecule has 2 N–H and O–H groups in total. The van der Waals surface area contributed by atoms with Crippen molar-refractivity contribution in [1.82, 2.24) is 9.44 Å². The summed E-state index contributed by atoms with van der Waals surface area (Å²) in [5.41, 5.74) is 0. The molecule has 2 aromatic rings. The van der Waals surface area contributed by atoms with Gasteiger partial charge in [-0.25, -0.2) is 26.3 Å².